The van der Waals surface area contributed by atoms with E-state index in [1.54, 1.807) is 12.1 Å². The van der Waals surface area contributed by atoms with Crippen LogP contribution >= 0.6 is 0 Å². The van der Waals surface area contributed by atoms with Gasteiger partial charge in [0.05, 0.1) is 37.4 Å². The highest BCUT2D eigenvalue weighted by Gasteiger charge is 2.31. The molecule has 0 radical (unpaired) electrons. The van der Waals surface area contributed by atoms with Crippen LogP contribution < -0.4 is 10.1 Å². The molecular weight excluding hydrogens is 506 g/mol. The number of rotatable bonds is 15. The van der Waals surface area contributed by atoms with Gasteiger partial charge in [-0.15, -0.1) is 0 Å². The summed E-state index contributed by atoms with van der Waals surface area (Å²) in [5.74, 6) is 0.633. The lowest BCUT2D eigenvalue weighted by atomic mass is 10.0. The van der Waals surface area contributed by atoms with Gasteiger partial charge in [-0.1, -0.05) is 44.2 Å². The molecule has 2 aromatic carbocycles. The van der Waals surface area contributed by atoms with E-state index in [1.165, 1.54) is 23.5 Å². The second kappa shape index (κ2) is 14.9. The zero-order valence-corrected chi connectivity index (χ0v) is 23.5. The molecule has 0 unspecified atom stereocenters. The Labute approximate surface area is 227 Å². The van der Waals surface area contributed by atoms with Crippen LogP contribution in [0.4, 0.5) is 0 Å². The number of morpholine rings is 1. The third-order valence-electron chi connectivity index (χ3n) is 6.61. The number of aliphatic hydroxyl groups is 2. The minimum absolute atomic E-state index is 0.0612. The van der Waals surface area contributed by atoms with Crippen LogP contribution in [0.3, 0.4) is 0 Å². The highest BCUT2D eigenvalue weighted by molar-refractivity contribution is 7.89. The molecule has 0 bridgehead atoms. The predicted molar refractivity (Wildman–Crippen MR) is 148 cm³/mol. The molecule has 1 aliphatic rings. The molecule has 0 aromatic heterocycles. The van der Waals surface area contributed by atoms with Crippen molar-refractivity contribution in [3.63, 3.8) is 0 Å². The topological polar surface area (TPSA) is 112 Å². The summed E-state index contributed by atoms with van der Waals surface area (Å²) in [4.78, 5) is 2.31. The number of β-amino-alcohol motifs (C(OH)–C–C–N with tert-alkyl or cyclic N) is 1. The Balaban J connectivity index is 1.74. The fourth-order valence-corrected chi connectivity index (χ4v) is 6.18. The summed E-state index contributed by atoms with van der Waals surface area (Å²) < 4.78 is 39.0. The second-order valence-corrected chi connectivity index (χ2v) is 12.2. The minimum atomic E-state index is -3.85. The Morgan fingerprint density at radius 3 is 2.29 bits per heavy atom. The molecule has 0 spiro atoms. The predicted octanol–water partition coefficient (Wildman–Crippen LogP) is 1.60. The van der Waals surface area contributed by atoms with Crippen molar-refractivity contribution in [2.24, 2.45) is 5.92 Å². The molecule has 10 heteroatoms. The molecule has 3 atom stereocenters. The van der Waals surface area contributed by atoms with Crippen LogP contribution in [0.5, 0.6) is 5.75 Å². The summed E-state index contributed by atoms with van der Waals surface area (Å²) in [5, 5.41) is 25.4. The Morgan fingerprint density at radius 2 is 1.68 bits per heavy atom. The van der Waals surface area contributed by atoms with E-state index in [1.807, 2.05) is 44.2 Å². The first-order chi connectivity index (χ1) is 18.2. The second-order valence-electron chi connectivity index (χ2n) is 10.2. The molecule has 0 amide bonds. The molecular formula is C28H43N3O6S. The normalized spacial score (nSPS) is 17.4. The van der Waals surface area contributed by atoms with E-state index < -0.39 is 28.3 Å². The average molecular weight is 550 g/mol. The van der Waals surface area contributed by atoms with Crippen molar-refractivity contribution in [2.45, 2.75) is 43.4 Å². The molecule has 1 aliphatic heterocycles. The van der Waals surface area contributed by atoms with Gasteiger partial charge in [0.15, 0.2) is 0 Å². The van der Waals surface area contributed by atoms with E-state index in [0.717, 1.165) is 18.7 Å². The third kappa shape index (κ3) is 9.30. The maximum atomic E-state index is 13.6. The van der Waals surface area contributed by atoms with Crippen LogP contribution in [0.1, 0.15) is 19.4 Å². The number of benzene rings is 2. The third-order valence-corrected chi connectivity index (χ3v) is 8.45. The summed E-state index contributed by atoms with van der Waals surface area (Å²) in [5.41, 5.74) is 1.01. The molecule has 38 heavy (non-hydrogen) atoms. The summed E-state index contributed by atoms with van der Waals surface area (Å²) in [6.45, 7) is 7.75. The van der Waals surface area contributed by atoms with Gasteiger partial charge in [-0.05, 0) is 42.2 Å². The summed E-state index contributed by atoms with van der Waals surface area (Å²) in [6.07, 6.45) is -1.14. The number of nitrogens with zero attached hydrogens (tertiary/aromatic N) is 2. The summed E-state index contributed by atoms with van der Waals surface area (Å²) in [7, 11) is -2.32. The molecule has 3 N–H and O–H groups in total. The largest absolute Gasteiger partial charge is 0.497 e. The summed E-state index contributed by atoms with van der Waals surface area (Å²) >= 11 is 0. The first-order valence-corrected chi connectivity index (χ1v) is 14.7. The number of hydrogen-bond acceptors (Lipinski definition) is 8. The summed E-state index contributed by atoms with van der Waals surface area (Å²) in [6, 6.07) is 15.6. The lowest BCUT2D eigenvalue weighted by Gasteiger charge is -2.32. The fraction of sp³-hybridized carbons (Fsp3) is 0.571. The van der Waals surface area contributed by atoms with E-state index in [-0.39, 0.29) is 30.4 Å². The molecule has 1 heterocycles. The number of sulfonamides is 1. The van der Waals surface area contributed by atoms with Gasteiger partial charge in [-0.2, -0.15) is 4.31 Å². The number of methoxy groups -OCH3 is 1. The highest BCUT2D eigenvalue weighted by atomic mass is 32.2. The standard InChI is InChI=1S/C28H43N3O6S/c1-22(2)19-31(38(34,35)26-11-9-25(36-3)10-12-26)21-28(33)27(17-23-7-5-4-6-8-23)29-18-24(32)20-30-13-15-37-16-14-30/h4-12,22,24,27-29,32-33H,13-21H2,1-3H3/t24-,27-,28+/m0/s1. The zero-order valence-electron chi connectivity index (χ0n) is 22.7. The molecule has 1 saturated heterocycles. The van der Waals surface area contributed by atoms with Crippen molar-refractivity contribution in [3.8, 4) is 5.75 Å². The lowest BCUT2D eigenvalue weighted by molar-refractivity contribution is 0.0128. The molecule has 0 saturated carbocycles. The van der Waals surface area contributed by atoms with Crippen molar-refractivity contribution in [2.75, 3.05) is 59.6 Å². The van der Waals surface area contributed by atoms with Crippen LogP contribution in [0.15, 0.2) is 59.5 Å². The average Bonchev–Trinajstić information content (AvgIpc) is 2.91. The Kier molecular flexibility index (Phi) is 12.0. The van der Waals surface area contributed by atoms with Crippen molar-refractivity contribution in [3.05, 3.63) is 60.2 Å². The smallest absolute Gasteiger partial charge is 0.243 e. The lowest BCUT2D eigenvalue weighted by Crippen LogP contribution is -2.52. The molecule has 1 fully saturated rings. The molecule has 9 nitrogen and oxygen atoms in total. The van der Waals surface area contributed by atoms with Gasteiger partial charge in [-0.25, -0.2) is 8.42 Å². The van der Waals surface area contributed by atoms with E-state index in [0.29, 0.717) is 31.9 Å². The molecule has 2 aromatic rings. The van der Waals surface area contributed by atoms with Crippen LogP contribution in [0.25, 0.3) is 0 Å². The Morgan fingerprint density at radius 1 is 1.03 bits per heavy atom. The van der Waals surface area contributed by atoms with Crippen molar-refractivity contribution < 1.29 is 28.1 Å². The maximum absolute atomic E-state index is 13.6. The van der Waals surface area contributed by atoms with Crippen molar-refractivity contribution in [1.29, 1.82) is 0 Å². The minimum Gasteiger partial charge on any atom is -0.497 e. The number of hydrogen-bond donors (Lipinski definition) is 3. The van der Waals surface area contributed by atoms with Gasteiger partial charge in [0.25, 0.3) is 0 Å². The van der Waals surface area contributed by atoms with E-state index in [4.69, 9.17) is 9.47 Å². The van der Waals surface area contributed by atoms with E-state index in [9.17, 15) is 18.6 Å². The first-order valence-electron chi connectivity index (χ1n) is 13.3. The quantitative estimate of drug-likeness (QED) is 0.307. The molecule has 212 valence electrons. The van der Waals surface area contributed by atoms with Gasteiger partial charge >= 0.3 is 0 Å². The molecule has 3 rings (SSSR count). The molecule has 0 aliphatic carbocycles. The Hall–Kier alpha value is -2.05. The van der Waals surface area contributed by atoms with Crippen LogP contribution in [-0.2, 0) is 21.2 Å². The van der Waals surface area contributed by atoms with E-state index >= 15 is 0 Å². The number of nitrogens with one attached hydrogen (secondary N) is 1. The maximum Gasteiger partial charge on any atom is 0.243 e. The highest BCUT2D eigenvalue weighted by Crippen LogP contribution is 2.21. The van der Waals surface area contributed by atoms with Crippen LogP contribution in [0.2, 0.25) is 0 Å². The number of aliphatic hydroxyl groups excluding tert-OH is 2. The van der Waals surface area contributed by atoms with Crippen molar-refractivity contribution in [1.82, 2.24) is 14.5 Å². The van der Waals surface area contributed by atoms with Crippen LogP contribution in [-0.4, -0.2) is 106 Å². The SMILES string of the molecule is COc1ccc(S(=O)(=O)N(CC(C)C)C[C@@H](O)[C@H](Cc2ccccc2)NC[C@H](O)CN2CCOCC2)cc1. The van der Waals surface area contributed by atoms with Crippen LogP contribution in [0, 0.1) is 5.92 Å². The fourth-order valence-electron chi connectivity index (χ4n) is 4.56. The van der Waals surface area contributed by atoms with E-state index in [2.05, 4.69) is 10.2 Å². The van der Waals surface area contributed by atoms with Gasteiger partial charge < -0.3 is 25.0 Å². The van der Waals surface area contributed by atoms with Gasteiger partial charge in [0, 0.05) is 45.3 Å². The Bertz CT molecular complexity index is 1050. The van der Waals surface area contributed by atoms with Crippen molar-refractivity contribution >= 4 is 10.0 Å². The van der Waals surface area contributed by atoms with Gasteiger partial charge in [-0.3, -0.25) is 4.90 Å². The zero-order chi connectivity index (χ0) is 27.5. The monoisotopic (exact) mass is 549 g/mol. The first kappa shape index (κ1) is 30.5. The van der Waals surface area contributed by atoms with Gasteiger partial charge in [0.1, 0.15) is 5.75 Å². The van der Waals surface area contributed by atoms with Gasteiger partial charge in [0.2, 0.25) is 10.0 Å². The number of ether oxygens (including phenoxy) is 2.